The monoisotopic (exact) mass is 301 g/mol. The highest BCUT2D eigenvalue weighted by Gasteiger charge is 2.30. The molecule has 1 aliphatic carbocycles. The minimum Gasteiger partial charge on any atom is -0.309 e. The number of amides is 1. The first kappa shape index (κ1) is 14.8. The number of halogens is 1. The van der Waals surface area contributed by atoms with Crippen LogP contribution >= 0.6 is 0 Å². The van der Waals surface area contributed by atoms with Crippen LogP contribution in [0.25, 0.3) is 0 Å². The van der Waals surface area contributed by atoms with Crippen molar-refractivity contribution >= 4 is 11.6 Å². The smallest absolute Gasteiger partial charge is 0.231 e. The van der Waals surface area contributed by atoms with Gasteiger partial charge in [-0.15, -0.1) is 0 Å². The molecule has 22 heavy (non-hydrogen) atoms. The molecule has 0 spiro atoms. The highest BCUT2D eigenvalue weighted by molar-refractivity contribution is 5.95. The zero-order valence-corrected chi connectivity index (χ0v) is 12.7. The van der Waals surface area contributed by atoms with Crippen LogP contribution in [0.4, 0.5) is 10.1 Å². The molecule has 1 aliphatic rings. The summed E-state index contributed by atoms with van der Waals surface area (Å²) in [5.41, 5.74) is 1.69. The van der Waals surface area contributed by atoms with Gasteiger partial charge in [-0.3, -0.25) is 9.48 Å². The average Bonchev–Trinajstić information content (AvgIpc) is 2.91. The van der Waals surface area contributed by atoms with E-state index < -0.39 is 0 Å². The van der Waals surface area contributed by atoms with E-state index in [1.807, 2.05) is 22.7 Å². The Labute approximate surface area is 129 Å². The largest absolute Gasteiger partial charge is 0.309 e. The van der Waals surface area contributed by atoms with E-state index in [0.717, 1.165) is 37.1 Å². The molecule has 1 heterocycles. The molecule has 1 saturated carbocycles. The number of aromatic nitrogens is 2. The lowest BCUT2D eigenvalue weighted by molar-refractivity contribution is -0.118. The van der Waals surface area contributed by atoms with Gasteiger partial charge in [0.25, 0.3) is 0 Å². The number of nitrogens with zero attached hydrogens (tertiary/aromatic N) is 3. The number of rotatable bonds is 5. The quantitative estimate of drug-likeness (QED) is 0.851. The van der Waals surface area contributed by atoms with Crippen LogP contribution in [-0.2, 0) is 17.8 Å². The predicted molar refractivity (Wildman–Crippen MR) is 83.1 cm³/mol. The Morgan fingerprint density at radius 1 is 1.36 bits per heavy atom. The van der Waals surface area contributed by atoms with Gasteiger partial charge in [-0.1, -0.05) is 0 Å². The first-order valence-corrected chi connectivity index (χ1v) is 7.76. The molecule has 0 N–H and O–H groups in total. The number of hydrogen-bond acceptors (Lipinski definition) is 2. The van der Waals surface area contributed by atoms with Crippen molar-refractivity contribution in [1.29, 1.82) is 0 Å². The second-order valence-electron chi connectivity index (χ2n) is 5.71. The minimum atomic E-state index is -0.283. The van der Waals surface area contributed by atoms with Crippen molar-refractivity contribution in [1.82, 2.24) is 9.78 Å². The molecule has 0 aliphatic heterocycles. The van der Waals surface area contributed by atoms with Gasteiger partial charge in [0.1, 0.15) is 5.82 Å². The number of carbonyl (C=O) groups excluding carboxylic acids is 1. The van der Waals surface area contributed by atoms with E-state index in [2.05, 4.69) is 5.10 Å². The van der Waals surface area contributed by atoms with Crippen LogP contribution in [0.3, 0.4) is 0 Å². The van der Waals surface area contributed by atoms with Crippen molar-refractivity contribution in [2.24, 2.45) is 0 Å². The predicted octanol–water partition coefficient (Wildman–Crippen LogP) is 3.17. The van der Waals surface area contributed by atoms with Crippen molar-refractivity contribution in [3.05, 3.63) is 48.0 Å². The molecule has 0 unspecified atom stereocenters. The van der Waals surface area contributed by atoms with Crippen LogP contribution in [0.1, 0.15) is 31.7 Å². The van der Waals surface area contributed by atoms with Crippen LogP contribution in [0.5, 0.6) is 0 Å². The molecule has 1 aromatic heterocycles. The third-order valence-corrected chi connectivity index (χ3v) is 4.18. The standard InChI is InChI=1S/C17H20FN3O/c1-2-20-12-13(11-19-20)10-17(22)21(15-4-3-5-15)16-8-6-14(18)7-9-16/h6-9,11-12,15H,2-5,10H2,1H3. The van der Waals surface area contributed by atoms with Crippen molar-refractivity contribution in [3.63, 3.8) is 0 Å². The molecule has 116 valence electrons. The second kappa shape index (κ2) is 6.30. The van der Waals surface area contributed by atoms with Crippen molar-refractivity contribution < 1.29 is 9.18 Å². The Morgan fingerprint density at radius 3 is 2.64 bits per heavy atom. The molecule has 0 radical (unpaired) electrons. The van der Waals surface area contributed by atoms with E-state index in [1.54, 1.807) is 18.3 Å². The zero-order chi connectivity index (χ0) is 15.5. The molecule has 0 atom stereocenters. The van der Waals surface area contributed by atoms with E-state index in [-0.39, 0.29) is 17.8 Å². The molecule has 5 heteroatoms. The summed E-state index contributed by atoms with van der Waals surface area (Å²) in [5.74, 6) is -0.235. The number of carbonyl (C=O) groups is 1. The Bertz CT molecular complexity index is 646. The highest BCUT2D eigenvalue weighted by Crippen LogP contribution is 2.30. The van der Waals surface area contributed by atoms with Gasteiger partial charge in [-0.05, 0) is 56.0 Å². The molecule has 2 aromatic rings. The van der Waals surface area contributed by atoms with Crippen LogP contribution in [-0.4, -0.2) is 21.7 Å². The summed E-state index contributed by atoms with van der Waals surface area (Å²) in [6, 6.07) is 6.41. The van der Waals surface area contributed by atoms with Crippen LogP contribution in [0, 0.1) is 5.82 Å². The molecule has 0 saturated heterocycles. The fraction of sp³-hybridized carbons (Fsp3) is 0.412. The van der Waals surface area contributed by atoms with Crippen LogP contribution in [0.2, 0.25) is 0 Å². The molecular formula is C17H20FN3O. The van der Waals surface area contributed by atoms with Gasteiger partial charge < -0.3 is 4.90 Å². The average molecular weight is 301 g/mol. The summed E-state index contributed by atoms with van der Waals surface area (Å²) >= 11 is 0. The van der Waals surface area contributed by atoms with Gasteiger partial charge in [-0.25, -0.2) is 4.39 Å². The minimum absolute atomic E-state index is 0.0481. The van der Waals surface area contributed by atoms with Crippen molar-refractivity contribution in [2.45, 2.75) is 45.2 Å². The third kappa shape index (κ3) is 3.03. The summed E-state index contributed by atoms with van der Waals surface area (Å²) in [6.45, 7) is 2.80. The van der Waals surface area contributed by atoms with E-state index >= 15 is 0 Å². The fourth-order valence-electron chi connectivity index (χ4n) is 2.74. The van der Waals surface area contributed by atoms with Gasteiger partial charge in [0, 0.05) is 24.5 Å². The SMILES string of the molecule is CCn1cc(CC(=O)N(c2ccc(F)cc2)C2CCC2)cn1. The van der Waals surface area contributed by atoms with E-state index in [0.29, 0.717) is 6.42 Å². The normalized spacial score (nSPS) is 14.6. The summed E-state index contributed by atoms with van der Waals surface area (Å²) in [6.07, 6.45) is 7.14. The van der Waals surface area contributed by atoms with Gasteiger partial charge in [0.2, 0.25) is 5.91 Å². The molecule has 0 bridgehead atoms. The molecule has 1 fully saturated rings. The fourth-order valence-corrected chi connectivity index (χ4v) is 2.74. The van der Waals surface area contributed by atoms with Gasteiger partial charge in [0.15, 0.2) is 0 Å². The van der Waals surface area contributed by atoms with Gasteiger partial charge in [-0.2, -0.15) is 5.10 Å². The Kier molecular flexibility index (Phi) is 4.22. The van der Waals surface area contributed by atoms with E-state index in [4.69, 9.17) is 0 Å². The maximum absolute atomic E-state index is 13.1. The number of benzene rings is 1. The lowest BCUT2D eigenvalue weighted by Gasteiger charge is -2.37. The Balaban J connectivity index is 1.79. The van der Waals surface area contributed by atoms with Crippen molar-refractivity contribution in [3.8, 4) is 0 Å². The van der Waals surface area contributed by atoms with Crippen LogP contribution in [0.15, 0.2) is 36.7 Å². The second-order valence-corrected chi connectivity index (χ2v) is 5.71. The van der Waals surface area contributed by atoms with Gasteiger partial charge in [0.05, 0.1) is 12.6 Å². The topological polar surface area (TPSA) is 38.1 Å². The van der Waals surface area contributed by atoms with E-state index in [1.165, 1.54) is 12.1 Å². The molecule has 3 rings (SSSR count). The number of hydrogen-bond donors (Lipinski definition) is 0. The summed E-state index contributed by atoms with van der Waals surface area (Å²) in [4.78, 5) is 14.6. The summed E-state index contributed by atoms with van der Waals surface area (Å²) in [7, 11) is 0. The van der Waals surface area contributed by atoms with E-state index in [9.17, 15) is 9.18 Å². The zero-order valence-electron chi connectivity index (χ0n) is 12.7. The summed E-state index contributed by atoms with van der Waals surface area (Å²) in [5, 5.41) is 4.21. The van der Waals surface area contributed by atoms with Crippen LogP contribution < -0.4 is 4.90 Å². The van der Waals surface area contributed by atoms with Gasteiger partial charge >= 0.3 is 0 Å². The highest BCUT2D eigenvalue weighted by atomic mass is 19.1. The lowest BCUT2D eigenvalue weighted by atomic mass is 9.90. The van der Waals surface area contributed by atoms with Crippen molar-refractivity contribution in [2.75, 3.05) is 4.90 Å². The Morgan fingerprint density at radius 2 is 2.09 bits per heavy atom. The maximum Gasteiger partial charge on any atom is 0.231 e. The lowest BCUT2D eigenvalue weighted by Crippen LogP contribution is -2.45. The first-order chi connectivity index (χ1) is 10.7. The molecular weight excluding hydrogens is 281 g/mol. The summed E-state index contributed by atoms with van der Waals surface area (Å²) < 4.78 is 14.9. The Hall–Kier alpha value is -2.17. The third-order valence-electron chi connectivity index (χ3n) is 4.18. The number of aryl methyl sites for hydroxylation is 1. The molecule has 1 amide bonds. The maximum atomic E-state index is 13.1. The number of anilines is 1. The molecule has 4 nitrogen and oxygen atoms in total. The first-order valence-electron chi connectivity index (χ1n) is 7.76. The molecule has 1 aromatic carbocycles.